The zero-order valence-electron chi connectivity index (χ0n) is 14.2. The number of carbonyl (C=O) groups excluding carboxylic acids is 1. The predicted molar refractivity (Wildman–Crippen MR) is 98.4 cm³/mol. The lowest BCUT2D eigenvalue weighted by Gasteiger charge is -2.29. The van der Waals surface area contributed by atoms with E-state index < -0.39 is 6.09 Å². The predicted octanol–water partition coefficient (Wildman–Crippen LogP) is 2.86. The Morgan fingerprint density at radius 2 is 1.92 bits per heavy atom. The molecule has 0 bridgehead atoms. The van der Waals surface area contributed by atoms with Crippen LogP contribution in [-0.2, 0) is 17.9 Å². The topological polar surface area (TPSA) is 66.0 Å². The number of benzene rings is 2. The highest BCUT2D eigenvalue weighted by Gasteiger charge is 2.10. The second kappa shape index (κ2) is 8.19. The molecule has 3 rings (SSSR count). The summed E-state index contributed by atoms with van der Waals surface area (Å²) in [6.07, 6.45) is -0.419. The van der Waals surface area contributed by atoms with Crippen LogP contribution in [0.4, 0.5) is 10.5 Å². The molecule has 1 aliphatic rings. The van der Waals surface area contributed by atoms with Gasteiger partial charge in [0.05, 0.1) is 18.8 Å². The first kappa shape index (κ1) is 16.8. The SMILES string of the molecule is CC1=NCCN(c2ccc(CNC(=O)OCc3ccccc3)cc2)N1. The van der Waals surface area contributed by atoms with Gasteiger partial charge in [0, 0.05) is 6.54 Å². The fourth-order valence-corrected chi connectivity index (χ4v) is 2.54. The van der Waals surface area contributed by atoms with E-state index in [1.807, 2.05) is 61.5 Å². The van der Waals surface area contributed by atoms with Crippen molar-refractivity contribution >= 4 is 17.6 Å². The first-order valence-corrected chi connectivity index (χ1v) is 8.29. The van der Waals surface area contributed by atoms with E-state index in [4.69, 9.17) is 4.74 Å². The van der Waals surface area contributed by atoms with Gasteiger partial charge in [0.2, 0.25) is 0 Å². The fraction of sp³-hybridized carbons (Fsp3) is 0.263. The Kier molecular flexibility index (Phi) is 5.51. The molecule has 6 heteroatoms. The van der Waals surface area contributed by atoms with E-state index >= 15 is 0 Å². The Hall–Kier alpha value is -3.02. The van der Waals surface area contributed by atoms with Crippen molar-refractivity contribution in [3.05, 3.63) is 65.7 Å². The molecule has 0 aromatic heterocycles. The lowest BCUT2D eigenvalue weighted by molar-refractivity contribution is 0.139. The van der Waals surface area contributed by atoms with Gasteiger partial charge >= 0.3 is 6.09 Å². The Morgan fingerprint density at radius 1 is 1.16 bits per heavy atom. The number of nitrogens with zero attached hydrogens (tertiary/aromatic N) is 2. The number of carbonyl (C=O) groups is 1. The highest BCUT2D eigenvalue weighted by atomic mass is 16.5. The summed E-state index contributed by atoms with van der Waals surface area (Å²) in [7, 11) is 0. The van der Waals surface area contributed by atoms with Crippen molar-refractivity contribution in [2.45, 2.75) is 20.1 Å². The average Bonchev–Trinajstić information content (AvgIpc) is 2.66. The highest BCUT2D eigenvalue weighted by molar-refractivity contribution is 5.82. The van der Waals surface area contributed by atoms with E-state index in [1.54, 1.807) is 0 Å². The maximum atomic E-state index is 11.8. The second-order valence-corrected chi connectivity index (χ2v) is 5.81. The minimum atomic E-state index is -0.419. The maximum Gasteiger partial charge on any atom is 0.407 e. The minimum absolute atomic E-state index is 0.271. The first-order valence-electron chi connectivity index (χ1n) is 8.29. The number of nitrogens with one attached hydrogen (secondary N) is 2. The molecule has 0 unspecified atom stereocenters. The molecule has 2 aromatic carbocycles. The smallest absolute Gasteiger partial charge is 0.407 e. The molecule has 25 heavy (non-hydrogen) atoms. The molecule has 0 saturated heterocycles. The van der Waals surface area contributed by atoms with Crippen LogP contribution in [0.2, 0.25) is 0 Å². The average molecular weight is 338 g/mol. The zero-order chi connectivity index (χ0) is 17.5. The summed E-state index contributed by atoms with van der Waals surface area (Å²) in [6, 6.07) is 17.7. The molecule has 2 aromatic rings. The number of rotatable bonds is 5. The summed E-state index contributed by atoms with van der Waals surface area (Å²) >= 11 is 0. The third kappa shape index (κ3) is 4.97. The number of amidine groups is 1. The Morgan fingerprint density at radius 3 is 2.64 bits per heavy atom. The molecule has 0 saturated carbocycles. The summed E-state index contributed by atoms with van der Waals surface area (Å²) in [5, 5.41) is 4.83. The van der Waals surface area contributed by atoms with Gasteiger partial charge in [-0.15, -0.1) is 0 Å². The van der Waals surface area contributed by atoms with Gasteiger partial charge in [0.25, 0.3) is 0 Å². The van der Waals surface area contributed by atoms with Crippen LogP contribution in [0.3, 0.4) is 0 Å². The van der Waals surface area contributed by atoms with E-state index in [0.717, 1.165) is 35.7 Å². The molecule has 2 N–H and O–H groups in total. The summed E-state index contributed by atoms with van der Waals surface area (Å²) in [5.74, 6) is 0.915. The number of hydrogen-bond donors (Lipinski definition) is 2. The van der Waals surface area contributed by atoms with E-state index in [1.165, 1.54) is 0 Å². The standard InChI is InChI=1S/C19H22N4O2/c1-15-20-11-12-23(22-15)18-9-7-16(8-10-18)13-21-19(24)25-14-17-5-3-2-4-6-17/h2-10H,11-14H2,1H3,(H,20,22)(H,21,24). The summed E-state index contributed by atoms with van der Waals surface area (Å²) in [6.45, 7) is 4.27. The molecule has 6 nitrogen and oxygen atoms in total. The molecule has 1 aliphatic heterocycles. The van der Waals surface area contributed by atoms with Crippen molar-refractivity contribution in [2.75, 3.05) is 18.1 Å². The van der Waals surface area contributed by atoms with Crippen LogP contribution in [0, 0.1) is 0 Å². The van der Waals surface area contributed by atoms with Crippen LogP contribution in [0.1, 0.15) is 18.1 Å². The Bertz CT molecular complexity index is 729. The molecule has 1 heterocycles. The van der Waals surface area contributed by atoms with Crippen LogP contribution >= 0.6 is 0 Å². The second-order valence-electron chi connectivity index (χ2n) is 5.81. The zero-order valence-corrected chi connectivity index (χ0v) is 14.2. The molecule has 130 valence electrons. The van der Waals surface area contributed by atoms with Crippen LogP contribution in [0.5, 0.6) is 0 Å². The van der Waals surface area contributed by atoms with E-state index in [0.29, 0.717) is 6.54 Å². The van der Waals surface area contributed by atoms with E-state index in [2.05, 4.69) is 20.7 Å². The number of amides is 1. The van der Waals surface area contributed by atoms with Gasteiger partial charge in [0.1, 0.15) is 12.4 Å². The molecule has 0 fully saturated rings. The summed E-state index contributed by atoms with van der Waals surface area (Å²) in [5.41, 5.74) is 6.29. The monoisotopic (exact) mass is 338 g/mol. The summed E-state index contributed by atoms with van der Waals surface area (Å²) < 4.78 is 5.20. The number of aliphatic imine (C=N–C) groups is 1. The molecule has 1 amide bonds. The Labute approximate surface area is 147 Å². The molecule has 0 radical (unpaired) electrons. The third-order valence-electron chi connectivity index (χ3n) is 3.87. The van der Waals surface area contributed by atoms with E-state index in [-0.39, 0.29) is 6.61 Å². The third-order valence-corrected chi connectivity index (χ3v) is 3.87. The van der Waals surface area contributed by atoms with Crippen LogP contribution < -0.4 is 15.8 Å². The van der Waals surface area contributed by atoms with Gasteiger partial charge in [-0.25, -0.2) is 4.79 Å². The van der Waals surface area contributed by atoms with Crippen LogP contribution in [-0.4, -0.2) is 25.0 Å². The molecule has 0 spiro atoms. The quantitative estimate of drug-likeness (QED) is 0.880. The number of hydrogen-bond acceptors (Lipinski definition) is 5. The van der Waals surface area contributed by atoms with Crippen molar-refractivity contribution in [1.82, 2.24) is 10.7 Å². The van der Waals surface area contributed by atoms with Gasteiger partial charge < -0.3 is 10.1 Å². The van der Waals surface area contributed by atoms with Crippen molar-refractivity contribution < 1.29 is 9.53 Å². The highest BCUT2D eigenvalue weighted by Crippen LogP contribution is 2.14. The van der Waals surface area contributed by atoms with Crippen molar-refractivity contribution in [2.24, 2.45) is 4.99 Å². The van der Waals surface area contributed by atoms with Gasteiger partial charge in [0.15, 0.2) is 0 Å². The molecular weight excluding hydrogens is 316 g/mol. The van der Waals surface area contributed by atoms with Gasteiger partial charge in [-0.1, -0.05) is 42.5 Å². The molecular formula is C19H22N4O2. The largest absolute Gasteiger partial charge is 0.445 e. The van der Waals surface area contributed by atoms with E-state index in [9.17, 15) is 4.79 Å². The van der Waals surface area contributed by atoms with Crippen molar-refractivity contribution in [3.8, 4) is 0 Å². The number of alkyl carbamates (subject to hydrolysis) is 1. The number of anilines is 1. The summed E-state index contributed by atoms with van der Waals surface area (Å²) in [4.78, 5) is 16.1. The number of ether oxygens (including phenoxy) is 1. The van der Waals surface area contributed by atoms with Crippen LogP contribution in [0.25, 0.3) is 0 Å². The van der Waals surface area contributed by atoms with Crippen molar-refractivity contribution in [1.29, 1.82) is 0 Å². The number of hydrazine groups is 1. The maximum absolute atomic E-state index is 11.8. The van der Waals surface area contributed by atoms with Gasteiger partial charge in [-0.3, -0.25) is 15.4 Å². The first-order chi connectivity index (χ1) is 12.2. The van der Waals surface area contributed by atoms with Crippen LogP contribution in [0.15, 0.2) is 59.6 Å². The van der Waals surface area contributed by atoms with Gasteiger partial charge in [-0.2, -0.15) is 0 Å². The lowest BCUT2D eigenvalue weighted by Crippen LogP contribution is -2.46. The molecule has 0 atom stereocenters. The van der Waals surface area contributed by atoms with Crippen molar-refractivity contribution in [3.63, 3.8) is 0 Å². The Balaban J connectivity index is 1.45. The fourth-order valence-electron chi connectivity index (χ4n) is 2.54. The normalized spacial score (nSPS) is 13.6. The lowest BCUT2D eigenvalue weighted by atomic mass is 10.2. The minimum Gasteiger partial charge on any atom is -0.445 e. The van der Waals surface area contributed by atoms with Gasteiger partial charge in [-0.05, 0) is 30.2 Å². The molecule has 0 aliphatic carbocycles.